The molecular weight excluding hydrogens is 160 g/mol. The van der Waals surface area contributed by atoms with Gasteiger partial charge in [-0.1, -0.05) is 39.0 Å². The summed E-state index contributed by atoms with van der Waals surface area (Å²) < 4.78 is 0. The van der Waals surface area contributed by atoms with Crippen LogP contribution in [0, 0.1) is 0 Å². The molecule has 0 rings (SSSR count). The Morgan fingerprint density at radius 1 is 1.08 bits per heavy atom. The summed E-state index contributed by atoms with van der Waals surface area (Å²) in [7, 11) is 0. The van der Waals surface area contributed by atoms with Crippen LogP contribution in [0.15, 0.2) is 17.9 Å². The van der Waals surface area contributed by atoms with Gasteiger partial charge in [-0.2, -0.15) is 0 Å². The lowest BCUT2D eigenvalue weighted by Crippen LogP contribution is -1.77. The van der Waals surface area contributed by atoms with Gasteiger partial charge >= 0.3 is 0 Å². The van der Waals surface area contributed by atoms with Gasteiger partial charge in [0.2, 0.25) is 0 Å². The maximum absolute atomic E-state index is 9.87. The summed E-state index contributed by atoms with van der Waals surface area (Å²) >= 11 is 0. The second-order valence-corrected chi connectivity index (χ2v) is 3.23. The summed E-state index contributed by atoms with van der Waals surface area (Å²) in [4.78, 5) is 9.87. The molecule has 0 spiro atoms. The second kappa shape index (κ2) is 11.2. The van der Waals surface area contributed by atoms with E-state index in [0.29, 0.717) is 0 Å². The maximum atomic E-state index is 9.87. The van der Waals surface area contributed by atoms with Gasteiger partial charge in [-0.25, -0.2) is 0 Å². The molecule has 0 bridgehead atoms. The molecule has 0 N–H and O–H groups in total. The first kappa shape index (κ1) is 12.2. The van der Waals surface area contributed by atoms with E-state index >= 15 is 0 Å². The van der Waals surface area contributed by atoms with E-state index in [1.807, 2.05) is 6.08 Å². The Balaban J connectivity index is 3.07. The normalized spacial score (nSPS) is 9.00. The number of hydrogen-bond donors (Lipinski definition) is 0. The third-order valence-electron chi connectivity index (χ3n) is 1.98. The number of aldehydes is 1. The van der Waals surface area contributed by atoms with Gasteiger partial charge in [0, 0.05) is 6.08 Å². The van der Waals surface area contributed by atoms with E-state index < -0.39 is 0 Å². The summed E-state index contributed by atoms with van der Waals surface area (Å²) in [5.74, 6) is 0. The molecule has 0 aliphatic rings. The molecule has 1 heteroatoms. The summed E-state index contributed by atoms with van der Waals surface area (Å²) in [6.07, 6.45) is 13.1. The van der Waals surface area contributed by atoms with Crippen LogP contribution in [0.5, 0.6) is 0 Å². The van der Waals surface area contributed by atoms with Gasteiger partial charge < -0.3 is 0 Å². The van der Waals surface area contributed by atoms with Crippen molar-refractivity contribution in [1.29, 1.82) is 0 Å². The van der Waals surface area contributed by atoms with Gasteiger partial charge in [0.15, 0.2) is 6.29 Å². The van der Waals surface area contributed by atoms with Gasteiger partial charge in [0.25, 0.3) is 0 Å². The molecule has 74 valence electrons. The van der Waals surface area contributed by atoms with Crippen LogP contribution in [-0.2, 0) is 4.79 Å². The lowest BCUT2D eigenvalue weighted by atomic mass is 10.1. The number of hydrogen-bond acceptors (Lipinski definition) is 1. The fraction of sp³-hybridized carbons (Fsp3) is 0.667. The minimum Gasteiger partial charge on any atom is -0.298 e. The minimum absolute atomic E-state index is 0.762. The third-order valence-corrected chi connectivity index (χ3v) is 1.98. The highest BCUT2D eigenvalue weighted by Crippen LogP contribution is 2.06. The highest BCUT2D eigenvalue weighted by Gasteiger charge is 1.87. The summed E-state index contributed by atoms with van der Waals surface area (Å²) in [5.41, 5.74) is 2.82. The van der Waals surface area contributed by atoms with Crippen molar-refractivity contribution in [3.8, 4) is 0 Å². The molecule has 0 aromatic heterocycles. The highest BCUT2D eigenvalue weighted by atomic mass is 16.1. The first-order valence-electron chi connectivity index (χ1n) is 5.26. The van der Waals surface area contributed by atoms with Crippen LogP contribution >= 0.6 is 0 Å². The molecular formula is C12H20O. The Morgan fingerprint density at radius 2 is 1.77 bits per heavy atom. The molecule has 1 nitrogen and oxygen atoms in total. The van der Waals surface area contributed by atoms with Crippen LogP contribution < -0.4 is 0 Å². The maximum Gasteiger partial charge on any atom is 0.150 e. The molecule has 13 heavy (non-hydrogen) atoms. The first-order chi connectivity index (χ1) is 6.41. The van der Waals surface area contributed by atoms with Crippen LogP contribution in [0.1, 0.15) is 51.9 Å². The number of allylic oxidation sites excluding steroid dienone is 1. The van der Waals surface area contributed by atoms with Crippen LogP contribution in [0.3, 0.4) is 0 Å². The van der Waals surface area contributed by atoms with Gasteiger partial charge in [-0.15, -0.1) is 5.73 Å². The zero-order valence-corrected chi connectivity index (χ0v) is 8.59. The third kappa shape index (κ3) is 11.2. The van der Waals surface area contributed by atoms with E-state index in [-0.39, 0.29) is 0 Å². The minimum atomic E-state index is 0.762. The Bertz CT molecular complexity index is 164. The van der Waals surface area contributed by atoms with Gasteiger partial charge in [0.05, 0.1) is 0 Å². The smallest absolute Gasteiger partial charge is 0.150 e. The van der Waals surface area contributed by atoms with Crippen LogP contribution in [-0.4, -0.2) is 6.29 Å². The number of carbonyl (C=O) groups is 1. The molecule has 0 unspecified atom stereocenters. The van der Waals surface area contributed by atoms with Crippen molar-refractivity contribution in [2.75, 3.05) is 0 Å². The fourth-order valence-electron chi connectivity index (χ4n) is 1.22. The van der Waals surface area contributed by atoms with Crippen molar-refractivity contribution in [2.24, 2.45) is 0 Å². The Kier molecular flexibility index (Phi) is 10.5. The molecule has 0 radical (unpaired) electrons. The number of rotatable bonds is 8. The Labute approximate surface area is 81.5 Å². The van der Waals surface area contributed by atoms with Crippen molar-refractivity contribution < 1.29 is 4.79 Å². The van der Waals surface area contributed by atoms with Crippen molar-refractivity contribution >= 4 is 6.29 Å². The van der Waals surface area contributed by atoms with Crippen LogP contribution in [0.25, 0.3) is 0 Å². The topological polar surface area (TPSA) is 17.1 Å². The van der Waals surface area contributed by atoms with Gasteiger partial charge in [0.1, 0.15) is 0 Å². The molecule has 0 amide bonds. The van der Waals surface area contributed by atoms with E-state index in [4.69, 9.17) is 0 Å². The molecule has 0 aliphatic carbocycles. The van der Waals surface area contributed by atoms with E-state index in [2.05, 4.69) is 12.7 Å². The largest absolute Gasteiger partial charge is 0.298 e. The lowest BCUT2D eigenvalue weighted by molar-refractivity contribution is -0.104. The molecule has 0 aromatic carbocycles. The highest BCUT2D eigenvalue weighted by molar-refractivity contribution is 5.64. The summed E-state index contributed by atoms with van der Waals surface area (Å²) in [6, 6.07) is 0. The first-order valence-corrected chi connectivity index (χ1v) is 5.26. The van der Waals surface area contributed by atoms with Gasteiger partial charge in [-0.3, -0.25) is 4.79 Å². The van der Waals surface area contributed by atoms with E-state index in [1.165, 1.54) is 44.6 Å². The van der Waals surface area contributed by atoms with Crippen molar-refractivity contribution in [1.82, 2.24) is 0 Å². The zero-order chi connectivity index (χ0) is 9.78. The Morgan fingerprint density at radius 3 is 2.46 bits per heavy atom. The fourth-order valence-corrected chi connectivity index (χ4v) is 1.22. The lowest BCUT2D eigenvalue weighted by Gasteiger charge is -1.96. The van der Waals surface area contributed by atoms with Crippen LogP contribution in [0.2, 0.25) is 0 Å². The van der Waals surface area contributed by atoms with Crippen molar-refractivity contribution in [3.63, 3.8) is 0 Å². The standard InChI is InChI=1S/C12H20O/c1-2-3-4-5-6-7-8-9-10-11-12-13/h9,11-12H,2-8H2,1H3. The predicted octanol–water partition coefficient (Wildman–Crippen LogP) is 3.65. The van der Waals surface area contributed by atoms with Crippen molar-refractivity contribution in [2.45, 2.75) is 51.9 Å². The summed E-state index contributed by atoms with van der Waals surface area (Å²) in [6.45, 7) is 2.23. The molecule has 0 heterocycles. The van der Waals surface area contributed by atoms with Crippen molar-refractivity contribution in [3.05, 3.63) is 17.9 Å². The molecule has 0 atom stereocenters. The van der Waals surface area contributed by atoms with E-state index in [1.54, 1.807) is 0 Å². The van der Waals surface area contributed by atoms with E-state index in [0.717, 1.165) is 12.7 Å². The summed E-state index contributed by atoms with van der Waals surface area (Å²) in [5, 5.41) is 0. The van der Waals surface area contributed by atoms with Gasteiger partial charge in [-0.05, 0) is 18.9 Å². The number of unbranched alkanes of at least 4 members (excludes halogenated alkanes) is 6. The number of carbonyl (C=O) groups excluding carboxylic acids is 1. The van der Waals surface area contributed by atoms with Crippen LogP contribution in [0.4, 0.5) is 0 Å². The quantitative estimate of drug-likeness (QED) is 0.241. The average Bonchev–Trinajstić information content (AvgIpc) is 2.16. The Hall–Kier alpha value is -0.810. The SMILES string of the molecule is CCCCCCCCC=C=CC=O. The molecule has 0 saturated carbocycles. The van der Waals surface area contributed by atoms with E-state index in [9.17, 15) is 4.79 Å². The molecule has 0 saturated heterocycles. The monoisotopic (exact) mass is 180 g/mol. The molecule has 0 aliphatic heterocycles. The average molecular weight is 180 g/mol. The predicted molar refractivity (Wildman–Crippen MR) is 56.7 cm³/mol. The molecule has 0 aromatic rings. The molecule has 0 fully saturated rings. The zero-order valence-electron chi connectivity index (χ0n) is 8.59. The second-order valence-electron chi connectivity index (χ2n) is 3.23.